The molecule has 25 heavy (non-hydrogen) atoms. The molecule has 3 aromatic rings. The lowest BCUT2D eigenvalue weighted by molar-refractivity contribution is -0.124. The smallest absolute Gasteiger partial charge is 0.338 e. The van der Waals surface area contributed by atoms with Gasteiger partial charge in [-0.05, 0) is 42.1 Å². The van der Waals surface area contributed by atoms with Crippen LogP contribution in [0.1, 0.15) is 15.2 Å². The molecule has 8 heteroatoms. The Bertz CT molecular complexity index is 814. The number of ether oxygens (including phenoxy) is 1. The lowest BCUT2D eigenvalue weighted by atomic mass is 10.1. The van der Waals surface area contributed by atoms with Gasteiger partial charge in [-0.15, -0.1) is 21.5 Å². The fraction of sp³-hybridized carbons (Fsp3) is 0.176. The van der Waals surface area contributed by atoms with Crippen LogP contribution in [0.3, 0.4) is 0 Å². The zero-order valence-corrected chi connectivity index (χ0v) is 14.0. The number of hydrogen-bond acceptors (Lipinski definition) is 7. The summed E-state index contributed by atoms with van der Waals surface area (Å²) in [5.74, 6) is -0.525. The Kier molecular flexibility index (Phi) is 5.53. The number of amides is 1. The molecule has 3 rings (SSSR count). The van der Waals surface area contributed by atoms with Gasteiger partial charge in [0.25, 0.3) is 5.91 Å². The molecule has 0 bridgehead atoms. The number of carbonyl (C=O) groups is 2. The molecule has 1 aromatic carbocycles. The van der Waals surface area contributed by atoms with E-state index in [1.54, 1.807) is 35.6 Å². The predicted octanol–water partition coefficient (Wildman–Crippen LogP) is 2.31. The normalized spacial score (nSPS) is 10.4. The monoisotopic (exact) mass is 357 g/mol. The van der Waals surface area contributed by atoms with Crippen molar-refractivity contribution in [3.8, 4) is 11.5 Å². The van der Waals surface area contributed by atoms with Crippen LogP contribution in [0.4, 0.5) is 0 Å². The number of nitrogens with zero attached hydrogens (tertiary/aromatic N) is 2. The first-order chi connectivity index (χ1) is 12.2. The van der Waals surface area contributed by atoms with E-state index in [1.807, 2.05) is 17.5 Å². The fourth-order valence-electron chi connectivity index (χ4n) is 2.09. The highest BCUT2D eigenvalue weighted by atomic mass is 32.1. The van der Waals surface area contributed by atoms with Gasteiger partial charge >= 0.3 is 5.97 Å². The summed E-state index contributed by atoms with van der Waals surface area (Å²) < 4.78 is 10.1. The van der Waals surface area contributed by atoms with Crippen molar-refractivity contribution in [2.24, 2.45) is 0 Å². The second-order valence-corrected chi connectivity index (χ2v) is 6.11. The van der Waals surface area contributed by atoms with E-state index >= 15 is 0 Å². The van der Waals surface area contributed by atoms with E-state index in [-0.39, 0.29) is 12.5 Å². The second-order valence-electron chi connectivity index (χ2n) is 5.08. The number of nitrogens with one attached hydrogen (secondary N) is 1. The van der Waals surface area contributed by atoms with Gasteiger partial charge < -0.3 is 14.5 Å². The van der Waals surface area contributed by atoms with E-state index in [0.717, 1.165) is 6.42 Å². The van der Waals surface area contributed by atoms with E-state index < -0.39 is 5.97 Å². The molecule has 0 aliphatic rings. The minimum absolute atomic E-state index is 0.311. The van der Waals surface area contributed by atoms with Crippen molar-refractivity contribution < 1.29 is 18.7 Å². The molecule has 1 amide bonds. The van der Waals surface area contributed by atoms with Crippen molar-refractivity contribution in [2.45, 2.75) is 6.42 Å². The highest BCUT2D eigenvalue weighted by Crippen LogP contribution is 2.17. The Morgan fingerprint density at radius 2 is 2.04 bits per heavy atom. The van der Waals surface area contributed by atoms with Gasteiger partial charge in [-0.3, -0.25) is 4.79 Å². The highest BCUT2D eigenvalue weighted by molar-refractivity contribution is 7.09. The van der Waals surface area contributed by atoms with Gasteiger partial charge in [0.05, 0.1) is 5.56 Å². The van der Waals surface area contributed by atoms with Gasteiger partial charge in [0.15, 0.2) is 6.61 Å². The molecule has 7 nitrogen and oxygen atoms in total. The summed E-state index contributed by atoms with van der Waals surface area (Å²) in [4.78, 5) is 24.9. The number of rotatable bonds is 7. The van der Waals surface area contributed by atoms with Crippen LogP contribution in [-0.4, -0.2) is 35.2 Å². The molecule has 0 unspecified atom stereocenters. The van der Waals surface area contributed by atoms with Crippen LogP contribution in [0.2, 0.25) is 0 Å². The first-order valence-electron chi connectivity index (χ1n) is 7.55. The summed E-state index contributed by atoms with van der Waals surface area (Å²) in [5, 5.41) is 12.1. The van der Waals surface area contributed by atoms with E-state index in [1.165, 1.54) is 11.3 Å². The summed E-state index contributed by atoms with van der Waals surface area (Å²) >= 11 is 1.64. The molecule has 0 radical (unpaired) electrons. The van der Waals surface area contributed by atoms with Gasteiger partial charge in [0, 0.05) is 17.0 Å². The van der Waals surface area contributed by atoms with E-state index in [2.05, 4.69) is 15.5 Å². The number of benzene rings is 1. The Hall–Kier alpha value is -3.00. The first kappa shape index (κ1) is 16.8. The summed E-state index contributed by atoms with van der Waals surface area (Å²) in [6, 6.07) is 10.5. The van der Waals surface area contributed by atoms with Crippen LogP contribution in [0.25, 0.3) is 11.5 Å². The number of thiophene rings is 1. The van der Waals surface area contributed by atoms with Crippen molar-refractivity contribution in [1.29, 1.82) is 0 Å². The lowest BCUT2D eigenvalue weighted by Gasteiger charge is -2.06. The van der Waals surface area contributed by atoms with E-state index in [9.17, 15) is 9.59 Å². The predicted molar refractivity (Wildman–Crippen MR) is 91.0 cm³/mol. The van der Waals surface area contributed by atoms with Crippen molar-refractivity contribution >= 4 is 23.2 Å². The first-order valence-corrected chi connectivity index (χ1v) is 8.43. The van der Waals surface area contributed by atoms with Gasteiger partial charge in [0.2, 0.25) is 12.3 Å². The minimum atomic E-state index is -0.564. The molecular formula is C17H15N3O4S. The van der Waals surface area contributed by atoms with Crippen molar-refractivity contribution in [3.05, 3.63) is 58.6 Å². The van der Waals surface area contributed by atoms with Crippen LogP contribution in [0.15, 0.2) is 52.6 Å². The largest absolute Gasteiger partial charge is 0.452 e. The minimum Gasteiger partial charge on any atom is -0.452 e. The Labute approximate surface area is 147 Å². The highest BCUT2D eigenvalue weighted by Gasteiger charge is 2.11. The zero-order chi connectivity index (χ0) is 17.5. The molecule has 1 N–H and O–H groups in total. The molecular weight excluding hydrogens is 342 g/mol. The molecule has 0 aliphatic carbocycles. The Morgan fingerprint density at radius 3 is 2.72 bits per heavy atom. The van der Waals surface area contributed by atoms with Crippen LogP contribution in [0, 0.1) is 0 Å². The van der Waals surface area contributed by atoms with Crippen molar-refractivity contribution in [1.82, 2.24) is 15.5 Å². The molecule has 0 saturated heterocycles. The molecule has 0 saturated carbocycles. The SMILES string of the molecule is O=C(COC(=O)c1ccc(-c2nnco2)cc1)NCCc1cccs1. The quantitative estimate of drug-likeness (QED) is 0.652. The van der Waals surface area contributed by atoms with Gasteiger partial charge in [-0.2, -0.15) is 0 Å². The van der Waals surface area contributed by atoms with Crippen molar-refractivity contribution in [3.63, 3.8) is 0 Å². The van der Waals surface area contributed by atoms with Crippen LogP contribution >= 0.6 is 11.3 Å². The van der Waals surface area contributed by atoms with Gasteiger partial charge in [0.1, 0.15) is 0 Å². The van der Waals surface area contributed by atoms with Crippen LogP contribution in [-0.2, 0) is 16.0 Å². The maximum atomic E-state index is 12.0. The zero-order valence-electron chi connectivity index (χ0n) is 13.2. The Balaban J connectivity index is 1.43. The number of aromatic nitrogens is 2. The Morgan fingerprint density at radius 1 is 1.20 bits per heavy atom. The third kappa shape index (κ3) is 4.74. The van der Waals surface area contributed by atoms with Crippen LogP contribution < -0.4 is 5.32 Å². The standard InChI is InChI=1S/C17H15N3O4S/c21-15(18-8-7-14-2-1-9-25-14)10-23-17(22)13-5-3-12(4-6-13)16-20-19-11-24-16/h1-6,9,11H,7-8,10H2,(H,18,21). The third-order valence-corrected chi connectivity index (χ3v) is 4.27. The van der Waals surface area contributed by atoms with E-state index in [0.29, 0.717) is 23.6 Å². The number of esters is 1. The average molecular weight is 357 g/mol. The summed E-state index contributed by atoms with van der Waals surface area (Å²) in [6.45, 7) is 0.199. The molecule has 128 valence electrons. The lowest BCUT2D eigenvalue weighted by Crippen LogP contribution is -2.30. The summed E-state index contributed by atoms with van der Waals surface area (Å²) in [7, 11) is 0. The maximum absolute atomic E-state index is 12.0. The van der Waals surface area contributed by atoms with Gasteiger partial charge in [-0.1, -0.05) is 6.07 Å². The number of carbonyl (C=O) groups excluding carboxylic acids is 2. The molecule has 2 heterocycles. The number of hydrogen-bond donors (Lipinski definition) is 1. The third-order valence-electron chi connectivity index (χ3n) is 3.34. The topological polar surface area (TPSA) is 94.3 Å². The van der Waals surface area contributed by atoms with Crippen molar-refractivity contribution in [2.75, 3.05) is 13.2 Å². The molecule has 0 aliphatic heterocycles. The summed E-state index contributed by atoms with van der Waals surface area (Å²) in [6.07, 6.45) is 1.99. The molecule has 0 fully saturated rings. The van der Waals surface area contributed by atoms with Crippen LogP contribution in [0.5, 0.6) is 0 Å². The molecule has 0 atom stereocenters. The average Bonchev–Trinajstić information content (AvgIpc) is 3.33. The molecule has 2 aromatic heterocycles. The fourth-order valence-corrected chi connectivity index (χ4v) is 2.80. The maximum Gasteiger partial charge on any atom is 0.338 e. The van der Waals surface area contributed by atoms with Gasteiger partial charge in [-0.25, -0.2) is 4.79 Å². The summed E-state index contributed by atoms with van der Waals surface area (Å²) in [5.41, 5.74) is 1.04. The van der Waals surface area contributed by atoms with E-state index in [4.69, 9.17) is 9.15 Å². The second kappa shape index (κ2) is 8.20. The molecule has 0 spiro atoms.